The van der Waals surface area contributed by atoms with Gasteiger partial charge in [-0.1, -0.05) is 16.8 Å². The van der Waals surface area contributed by atoms with Gasteiger partial charge in [0, 0.05) is 11.6 Å². The number of carbonyl (C=O) groups excluding carboxylic acids is 1. The Kier molecular flexibility index (Phi) is 4.46. The molecule has 0 unspecified atom stereocenters. The number of nitrogens with zero attached hydrogens (tertiary/aromatic N) is 2. The van der Waals surface area contributed by atoms with Gasteiger partial charge in [-0.05, 0) is 31.2 Å². The predicted molar refractivity (Wildman–Crippen MR) is 106 cm³/mol. The Morgan fingerprint density at radius 3 is 2.34 bits per heavy atom. The topological polar surface area (TPSA) is 92.8 Å². The second kappa shape index (κ2) is 6.97. The van der Waals surface area contributed by atoms with E-state index in [2.05, 4.69) is 5.16 Å². The molecule has 0 aliphatic rings. The zero-order valence-corrected chi connectivity index (χ0v) is 16.3. The van der Waals surface area contributed by atoms with Crippen molar-refractivity contribution >= 4 is 27.7 Å². The summed E-state index contributed by atoms with van der Waals surface area (Å²) in [4.78, 5) is 25.8. The van der Waals surface area contributed by atoms with Crippen LogP contribution in [0.25, 0.3) is 27.6 Å². The number of carbonyl (C=O) groups is 1. The van der Waals surface area contributed by atoms with E-state index in [0.29, 0.717) is 27.9 Å². The molecule has 0 bridgehead atoms. The molecule has 2 aromatic heterocycles. The van der Waals surface area contributed by atoms with E-state index in [0.717, 1.165) is 5.56 Å². The first-order valence-corrected chi connectivity index (χ1v) is 8.74. The number of aryl methyl sites for hydroxylation is 1. The fourth-order valence-corrected chi connectivity index (χ4v) is 3.31. The molecule has 8 heteroatoms. The molecule has 0 saturated carbocycles. The SMILES string of the molecule is COC(=O)c1cn(-c2noc3ccc(C)cc23)c(=O)c2cc(OC)c(OC)cc12. The van der Waals surface area contributed by atoms with Crippen molar-refractivity contribution in [3.63, 3.8) is 0 Å². The number of ether oxygens (including phenoxy) is 3. The molecule has 2 aromatic carbocycles. The number of benzene rings is 2. The minimum atomic E-state index is -0.597. The highest BCUT2D eigenvalue weighted by atomic mass is 16.5. The van der Waals surface area contributed by atoms with Crippen molar-refractivity contribution in [3.8, 4) is 17.3 Å². The average Bonchev–Trinajstić information content (AvgIpc) is 3.15. The molecular formula is C21H18N2O6. The zero-order valence-electron chi connectivity index (χ0n) is 16.3. The summed E-state index contributed by atoms with van der Waals surface area (Å²) in [6.45, 7) is 1.93. The van der Waals surface area contributed by atoms with E-state index in [1.165, 1.54) is 38.2 Å². The van der Waals surface area contributed by atoms with E-state index in [9.17, 15) is 9.59 Å². The molecule has 2 heterocycles. The maximum atomic E-state index is 13.3. The van der Waals surface area contributed by atoms with Crippen LogP contribution in [0.5, 0.6) is 11.5 Å². The molecule has 0 aliphatic heterocycles. The smallest absolute Gasteiger partial charge is 0.340 e. The normalized spacial score (nSPS) is 11.0. The summed E-state index contributed by atoms with van der Waals surface area (Å²) in [5.74, 6) is 0.451. The Labute approximate surface area is 165 Å². The molecule has 0 radical (unpaired) electrons. The largest absolute Gasteiger partial charge is 0.493 e. The third-order valence-corrected chi connectivity index (χ3v) is 4.76. The van der Waals surface area contributed by atoms with Gasteiger partial charge in [0.05, 0.1) is 37.7 Å². The lowest BCUT2D eigenvalue weighted by molar-refractivity contribution is 0.0602. The van der Waals surface area contributed by atoms with Crippen molar-refractivity contribution in [2.24, 2.45) is 0 Å². The van der Waals surface area contributed by atoms with Crippen LogP contribution in [0.1, 0.15) is 15.9 Å². The predicted octanol–water partition coefficient (Wildman–Crippen LogP) is 3.24. The average molecular weight is 394 g/mol. The first-order chi connectivity index (χ1) is 14.0. The summed E-state index contributed by atoms with van der Waals surface area (Å²) in [5.41, 5.74) is 1.32. The Morgan fingerprint density at radius 2 is 1.69 bits per heavy atom. The van der Waals surface area contributed by atoms with E-state index in [-0.39, 0.29) is 22.3 Å². The first kappa shape index (κ1) is 18.5. The second-order valence-electron chi connectivity index (χ2n) is 6.47. The summed E-state index contributed by atoms with van der Waals surface area (Å²) in [6.07, 6.45) is 1.40. The van der Waals surface area contributed by atoms with Crippen LogP contribution in [0.2, 0.25) is 0 Å². The highest BCUT2D eigenvalue weighted by molar-refractivity contribution is 6.05. The van der Waals surface area contributed by atoms with Gasteiger partial charge in [0.25, 0.3) is 5.56 Å². The lowest BCUT2D eigenvalue weighted by atomic mass is 10.1. The molecule has 0 spiro atoms. The van der Waals surface area contributed by atoms with E-state index < -0.39 is 5.97 Å². The molecule has 0 N–H and O–H groups in total. The van der Waals surface area contributed by atoms with Gasteiger partial charge in [-0.25, -0.2) is 4.79 Å². The summed E-state index contributed by atoms with van der Waals surface area (Å²) >= 11 is 0. The Bertz CT molecular complexity index is 1320. The fourth-order valence-electron chi connectivity index (χ4n) is 3.31. The van der Waals surface area contributed by atoms with Gasteiger partial charge < -0.3 is 18.7 Å². The molecule has 0 aliphatic carbocycles. The second-order valence-corrected chi connectivity index (χ2v) is 6.47. The standard InChI is InChI=1S/C21H18N2O6/c1-11-5-6-16-14(7-11)19(22-29-16)23-10-15(21(25)28-4)12-8-17(26-2)18(27-3)9-13(12)20(23)24/h5-10H,1-4H3. The van der Waals surface area contributed by atoms with Crippen molar-refractivity contribution in [2.45, 2.75) is 6.92 Å². The monoisotopic (exact) mass is 394 g/mol. The van der Waals surface area contributed by atoms with Crippen LogP contribution in [-0.4, -0.2) is 37.0 Å². The maximum Gasteiger partial charge on any atom is 0.340 e. The Balaban J connectivity index is 2.12. The molecule has 4 rings (SSSR count). The molecule has 0 atom stereocenters. The lowest BCUT2D eigenvalue weighted by Gasteiger charge is -2.13. The number of methoxy groups -OCH3 is 3. The van der Waals surface area contributed by atoms with Gasteiger partial charge in [0.15, 0.2) is 22.9 Å². The molecule has 0 saturated heterocycles. The van der Waals surface area contributed by atoms with Crippen LogP contribution >= 0.6 is 0 Å². The number of fused-ring (bicyclic) bond motifs is 2. The van der Waals surface area contributed by atoms with Gasteiger partial charge in [-0.3, -0.25) is 9.36 Å². The quantitative estimate of drug-likeness (QED) is 0.491. The number of hydrogen-bond acceptors (Lipinski definition) is 7. The van der Waals surface area contributed by atoms with Gasteiger partial charge >= 0.3 is 5.97 Å². The van der Waals surface area contributed by atoms with Gasteiger partial charge in [-0.2, -0.15) is 0 Å². The van der Waals surface area contributed by atoms with E-state index in [1.54, 1.807) is 12.1 Å². The Hall–Kier alpha value is -3.81. The Morgan fingerprint density at radius 1 is 1.00 bits per heavy atom. The first-order valence-electron chi connectivity index (χ1n) is 8.74. The van der Waals surface area contributed by atoms with Crippen LogP contribution in [0, 0.1) is 6.92 Å². The minimum Gasteiger partial charge on any atom is -0.493 e. The summed E-state index contributed by atoms with van der Waals surface area (Å²) in [6, 6.07) is 8.65. The number of hydrogen-bond donors (Lipinski definition) is 0. The number of pyridine rings is 1. The molecule has 0 amide bonds. The van der Waals surface area contributed by atoms with Gasteiger partial charge in [-0.15, -0.1) is 0 Å². The number of aromatic nitrogens is 2. The highest BCUT2D eigenvalue weighted by Gasteiger charge is 2.21. The maximum absolute atomic E-state index is 13.3. The number of rotatable bonds is 4. The minimum absolute atomic E-state index is 0.187. The summed E-state index contributed by atoms with van der Waals surface area (Å²) in [5, 5.41) is 5.36. The number of esters is 1. The van der Waals surface area contributed by atoms with Gasteiger partial charge in [0.2, 0.25) is 0 Å². The summed E-state index contributed by atoms with van der Waals surface area (Å²) in [7, 11) is 4.23. The van der Waals surface area contributed by atoms with Gasteiger partial charge in [0.1, 0.15) is 0 Å². The van der Waals surface area contributed by atoms with Crippen molar-refractivity contribution in [1.82, 2.24) is 9.72 Å². The van der Waals surface area contributed by atoms with Crippen molar-refractivity contribution in [1.29, 1.82) is 0 Å². The van der Waals surface area contributed by atoms with Crippen LogP contribution < -0.4 is 15.0 Å². The van der Waals surface area contributed by atoms with E-state index in [1.807, 2.05) is 19.1 Å². The van der Waals surface area contributed by atoms with Crippen molar-refractivity contribution in [2.75, 3.05) is 21.3 Å². The molecular weight excluding hydrogens is 376 g/mol. The third-order valence-electron chi connectivity index (χ3n) is 4.76. The highest BCUT2D eigenvalue weighted by Crippen LogP contribution is 2.33. The van der Waals surface area contributed by atoms with E-state index >= 15 is 0 Å². The van der Waals surface area contributed by atoms with Crippen LogP contribution in [0.15, 0.2) is 45.8 Å². The van der Waals surface area contributed by atoms with Crippen molar-refractivity contribution in [3.05, 3.63) is 58.0 Å². The lowest BCUT2D eigenvalue weighted by Crippen LogP contribution is -2.21. The fraction of sp³-hybridized carbons (Fsp3) is 0.190. The van der Waals surface area contributed by atoms with Crippen molar-refractivity contribution < 1.29 is 23.5 Å². The molecule has 4 aromatic rings. The molecule has 29 heavy (non-hydrogen) atoms. The van der Waals surface area contributed by atoms with E-state index in [4.69, 9.17) is 18.7 Å². The van der Waals surface area contributed by atoms with Crippen LogP contribution in [0.3, 0.4) is 0 Å². The van der Waals surface area contributed by atoms with Crippen LogP contribution in [0.4, 0.5) is 0 Å². The zero-order chi connectivity index (χ0) is 20.7. The third kappa shape index (κ3) is 2.89. The molecule has 8 nitrogen and oxygen atoms in total. The molecule has 0 fully saturated rings. The summed E-state index contributed by atoms with van der Waals surface area (Å²) < 4.78 is 22.2. The molecule has 148 valence electrons. The van der Waals surface area contributed by atoms with Crippen LogP contribution in [-0.2, 0) is 4.74 Å².